The van der Waals surface area contributed by atoms with Crippen molar-refractivity contribution in [2.75, 3.05) is 33.2 Å². The van der Waals surface area contributed by atoms with Crippen molar-refractivity contribution in [2.24, 2.45) is 10.9 Å². The van der Waals surface area contributed by atoms with Gasteiger partial charge in [0, 0.05) is 52.0 Å². The molecule has 1 aliphatic heterocycles. The molecule has 2 aliphatic rings. The van der Waals surface area contributed by atoms with E-state index in [4.69, 9.17) is 9.15 Å². The highest BCUT2D eigenvalue weighted by atomic mass is 127. The molecule has 4 rings (SSSR count). The molecule has 0 bridgehead atoms. The van der Waals surface area contributed by atoms with E-state index in [2.05, 4.69) is 27.1 Å². The summed E-state index contributed by atoms with van der Waals surface area (Å²) in [5.74, 6) is 2.66. The SMILES string of the molecule is CN=C(NCc1ccnc(OC2CCC(C)CC2)c1)N1CCN(C(=O)c2ccco2)CC1.I. The van der Waals surface area contributed by atoms with Crippen LogP contribution in [0.4, 0.5) is 0 Å². The van der Waals surface area contributed by atoms with E-state index >= 15 is 0 Å². The van der Waals surface area contributed by atoms with Crippen LogP contribution in [0.3, 0.4) is 0 Å². The summed E-state index contributed by atoms with van der Waals surface area (Å²) in [6.07, 6.45) is 8.26. The number of rotatable bonds is 5. The lowest BCUT2D eigenvalue weighted by Crippen LogP contribution is -2.53. The summed E-state index contributed by atoms with van der Waals surface area (Å²) in [4.78, 5) is 25.3. The number of furan rings is 1. The van der Waals surface area contributed by atoms with E-state index in [1.165, 1.54) is 19.1 Å². The number of ether oxygens (including phenoxy) is 1. The molecule has 2 aromatic rings. The summed E-state index contributed by atoms with van der Waals surface area (Å²) in [7, 11) is 1.79. The molecule has 1 amide bonds. The highest BCUT2D eigenvalue weighted by Crippen LogP contribution is 2.26. The highest BCUT2D eigenvalue weighted by molar-refractivity contribution is 14.0. The first kappa shape index (κ1) is 25.3. The van der Waals surface area contributed by atoms with Crippen LogP contribution in [0.25, 0.3) is 0 Å². The van der Waals surface area contributed by atoms with Gasteiger partial charge in [-0.05, 0) is 55.4 Å². The van der Waals surface area contributed by atoms with Gasteiger partial charge >= 0.3 is 0 Å². The number of guanidine groups is 1. The van der Waals surface area contributed by atoms with Crippen molar-refractivity contribution in [2.45, 2.75) is 45.3 Å². The molecule has 1 aliphatic carbocycles. The largest absolute Gasteiger partial charge is 0.474 e. The normalized spacial score (nSPS) is 21.3. The summed E-state index contributed by atoms with van der Waals surface area (Å²) in [5, 5.41) is 3.43. The van der Waals surface area contributed by atoms with Gasteiger partial charge < -0.3 is 24.3 Å². The predicted molar refractivity (Wildman–Crippen MR) is 138 cm³/mol. The molecule has 0 aromatic carbocycles. The Kier molecular flexibility index (Phi) is 9.40. The number of carbonyl (C=O) groups excluding carboxylic acids is 1. The molecule has 0 radical (unpaired) electrons. The number of hydrogen-bond donors (Lipinski definition) is 1. The van der Waals surface area contributed by atoms with E-state index in [0.29, 0.717) is 31.3 Å². The fraction of sp³-hybridized carbons (Fsp3) is 0.542. The molecule has 1 saturated heterocycles. The van der Waals surface area contributed by atoms with Crippen LogP contribution < -0.4 is 10.1 Å². The molecule has 33 heavy (non-hydrogen) atoms. The number of halogens is 1. The fourth-order valence-corrected chi connectivity index (χ4v) is 4.33. The summed E-state index contributed by atoms with van der Waals surface area (Å²) in [6, 6.07) is 7.45. The third kappa shape index (κ3) is 6.84. The Balaban J connectivity index is 0.00000306. The van der Waals surface area contributed by atoms with E-state index in [9.17, 15) is 4.79 Å². The van der Waals surface area contributed by atoms with Gasteiger partial charge in [0.25, 0.3) is 5.91 Å². The van der Waals surface area contributed by atoms with E-state index in [1.807, 2.05) is 17.0 Å². The summed E-state index contributed by atoms with van der Waals surface area (Å²) in [6.45, 7) is 5.65. The summed E-state index contributed by atoms with van der Waals surface area (Å²) >= 11 is 0. The van der Waals surface area contributed by atoms with Crippen molar-refractivity contribution >= 4 is 35.8 Å². The Bertz CT molecular complexity index is 905. The van der Waals surface area contributed by atoms with Crippen LogP contribution >= 0.6 is 24.0 Å². The average Bonchev–Trinajstić information content (AvgIpc) is 3.36. The minimum absolute atomic E-state index is 0. The van der Waals surface area contributed by atoms with Crippen molar-refractivity contribution in [1.29, 1.82) is 0 Å². The fourth-order valence-electron chi connectivity index (χ4n) is 4.33. The molecule has 8 nitrogen and oxygen atoms in total. The second kappa shape index (κ2) is 12.2. The topological polar surface area (TPSA) is 83.2 Å². The Morgan fingerprint density at radius 3 is 2.58 bits per heavy atom. The zero-order chi connectivity index (χ0) is 22.3. The van der Waals surface area contributed by atoms with Gasteiger partial charge in [-0.1, -0.05) is 6.92 Å². The number of hydrogen-bond acceptors (Lipinski definition) is 5. The van der Waals surface area contributed by atoms with E-state index in [0.717, 1.165) is 43.4 Å². The molecule has 3 heterocycles. The van der Waals surface area contributed by atoms with Crippen LogP contribution in [0, 0.1) is 5.92 Å². The third-order valence-corrected chi connectivity index (χ3v) is 6.31. The van der Waals surface area contributed by atoms with Crippen molar-refractivity contribution in [3.8, 4) is 5.88 Å². The number of amides is 1. The minimum Gasteiger partial charge on any atom is -0.474 e. The monoisotopic (exact) mass is 567 g/mol. The zero-order valence-electron chi connectivity index (χ0n) is 19.4. The Morgan fingerprint density at radius 1 is 1.18 bits per heavy atom. The molecule has 9 heteroatoms. The maximum absolute atomic E-state index is 12.5. The quantitative estimate of drug-likeness (QED) is 0.337. The minimum atomic E-state index is -0.0608. The van der Waals surface area contributed by atoms with Gasteiger partial charge in [0.05, 0.1) is 6.26 Å². The Hall–Kier alpha value is -2.30. The van der Waals surface area contributed by atoms with Crippen LogP contribution in [0.2, 0.25) is 0 Å². The molecule has 0 unspecified atom stereocenters. The number of aromatic nitrogens is 1. The number of carbonyl (C=O) groups is 1. The first-order chi connectivity index (χ1) is 15.6. The van der Waals surface area contributed by atoms with Crippen LogP contribution in [-0.2, 0) is 6.54 Å². The van der Waals surface area contributed by atoms with Crippen molar-refractivity contribution in [1.82, 2.24) is 20.1 Å². The van der Waals surface area contributed by atoms with Gasteiger partial charge in [-0.25, -0.2) is 4.98 Å². The van der Waals surface area contributed by atoms with Crippen LogP contribution in [0.5, 0.6) is 5.88 Å². The molecular weight excluding hydrogens is 533 g/mol. The Morgan fingerprint density at radius 2 is 1.91 bits per heavy atom. The lowest BCUT2D eigenvalue weighted by molar-refractivity contribution is 0.0657. The van der Waals surface area contributed by atoms with E-state index < -0.39 is 0 Å². The maximum Gasteiger partial charge on any atom is 0.289 e. The van der Waals surface area contributed by atoms with Crippen molar-refractivity contribution in [3.05, 3.63) is 48.0 Å². The van der Waals surface area contributed by atoms with Crippen LogP contribution in [-0.4, -0.2) is 66.0 Å². The molecule has 0 atom stereocenters. The van der Waals surface area contributed by atoms with Gasteiger partial charge in [0.2, 0.25) is 5.88 Å². The standard InChI is InChI=1S/C24H33N5O3.HI/c1-18-5-7-20(8-6-18)32-22-16-19(9-10-26-22)17-27-24(25-2)29-13-11-28(12-14-29)23(30)21-4-3-15-31-21;/h3-4,9-10,15-16,18,20H,5-8,11-14,17H2,1-2H3,(H,25,27);1H. The summed E-state index contributed by atoms with van der Waals surface area (Å²) < 4.78 is 11.4. The smallest absolute Gasteiger partial charge is 0.289 e. The molecular formula is C24H34IN5O3. The average molecular weight is 567 g/mol. The first-order valence-corrected chi connectivity index (χ1v) is 11.5. The lowest BCUT2D eigenvalue weighted by atomic mass is 9.89. The zero-order valence-corrected chi connectivity index (χ0v) is 21.7. The lowest BCUT2D eigenvalue weighted by Gasteiger charge is -2.36. The predicted octanol–water partition coefficient (Wildman–Crippen LogP) is 3.78. The Labute approximate surface area is 212 Å². The van der Waals surface area contributed by atoms with E-state index in [1.54, 1.807) is 25.4 Å². The number of nitrogens with one attached hydrogen (secondary N) is 1. The molecule has 180 valence electrons. The number of nitrogens with zero attached hydrogens (tertiary/aromatic N) is 4. The highest BCUT2D eigenvalue weighted by Gasteiger charge is 2.25. The van der Waals surface area contributed by atoms with Crippen LogP contribution in [0.15, 0.2) is 46.1 Å². The molecule has 0 spiro atoms. The van der Waals surface area contributed by atoms with Gasteiger partial charge in [-0.3, -0.25) is 9.79 Å². The number of aliphatic imine (C=N–C) groups is 1. The molecule has 1 N–H and O–H groups in total. The van der Waals surface area contributed by atoms with Gasteiger partial charge in [-0.2, -0.15) is 0 Å². The number of pyridine rings is 1. The molecule has 1 saturated carbocycles. The molecule has 2 aromatic heterocycles. The van der Waals surface area contributed by atoms with Gasteiger partial charge in [-0.15, -0.1) is 24.0 Å². The summed E-state index contributed by atoms with van der Waals surface area (Å²) in [5.41, 5.74) is 1.10. The third-order valence-electron chi connectivity index (χ3n) is 6.31. The van der Waals surface area contributed by atoms with Gasteiger partial charge in [0.1, 0.15) is 6.10 Å². The number of piperazine rings is 1. The van der Waals surface area contributed by atoms with Crippen molar-refractivity contribution < 1.29 is 13.9 Å². The maximum atomic E-state index is 12.5. The molecule has 2 fully saturated rings. The second-order valence-corrected chi connectivity index (χ2v) is 8.66. The van der Waals surface area contributed by atoms with Crippen LogP contribution in [0.1, 0.15) is 48.7 Å². The second-order valence-electron chi connectivity index (χ2n) is 8.66. The van der Waals surface area contributed by atoms with E-state index in [-0.39, 0.29) is 36.0 Å². The van der Waals surface area contributed by atoms with Crippen molar-refractivity contribution in [3.63, 3.8) is 0 Å². The first-order valence-electron chi connectivity index (χ1n) is 11.5. The van der Waals surface area contributed by atoms with Gasteiger partial charge in [0.15, 0.2) is 11.7 Å².